The molecule has 4 heteroatoms. The van der Waals surface area contributed by atoms with Crippen molar-refractivity contribution in [3.8, 4) is 0 Å². The molecule has 3 N–H and O–H groups in total. The van der Waals surface area contributed by atoms with Gasteiger partial charge >= 0.3 is 0 Å². The van der Waals surface area contributed by atoms with E-state index in [1.807, 2.05) is 19.9 Å². The highest BCUT2D eigenvalue weighted by Gasteiger charge is 2.07. The van der Waals surface area contributed by atoms with Crippen LogP contribution in [0.1, 0.15) is 26.5 Å². The molecule has 0 aliphatic carbocycles. The van der Waals surface area contributed by atoms with Gasteiger partial charge in [0.15, 0.2) is 0 Å². The Balaban J connectivity index is 2.66. The maximum atomic E-state index is 5.75. The fourth-order valence-electron chi connectivity index (χ4n) is 1.03. The van der Waals surface area contributed by atoms with Gasteiger partial charge in [-0.05, 0) is 20.3 Å². The largest absolute Gasteiger partial charge is 0.366 e. The van der Waals surface area contributed by atoms with Gasteiger partial charge in [-0.1, -0.05) is 6.92 Å². The first-order valence-corrected chi connectivity index (χ1v) is 4.96. The van der Waals surface area contributed by atoms with Gasteiger partial charge in [0.2, 0.25) is 0 Å². The summed E-state index contributed by atoms with van der Waals surface area (Å²) in [6, 6.07) is 2.28. The average Bonchev–Trinajstić information content (AvgIpc) is 2.18. The number of hydrogen-bond donors (Lipinski definition) is 2. The molecule has 0 amide bonds. The highest BCUT2D eigenvalue weighted by molar-refractivity contribution is 5.36. The molecule has 0 radical (unpaired) electrons. The van der Waals surface area contributed by atoms with Crippen molar-refractivity contribution in [2.24, 2.45) is 5.73 Å². The molecule has 0 bridgehead atoms. The highest BCUT2D eigenvalue weighted by atomic mass is 15.0. The third kappa shape index (κ3) is 2.96. The summed E-state index contributed by atoms with van der Waals surface area (Å²) in [6.45, 7) is 6.08. The van der Waals surface area contributed by atoms with E-state index in [1.165, 1.54) is 0 Å². The molecule has 0 saturated carbocycles. The molecule has 1 rings (SSSR count). The third-order valence-electron chi connectivity index (χ3n) is 2.25. The Labute approximate surface area is 85.0 Å². The van der Waals surface area contributed by atoms with Crippen molar-refractivity contribution in [2.75, 3.05) is 5.32 Å². The lowest BCUT2D eigenvalue weighted by molar-refractivity contribution is 0.635. The predicted octanol–water partition coefficient (Wildman–Crippen LogP) is 1.19. The maximum absolute atomic E-state index is 5.75. The van der Waals surface area contributed by atoms with Crippen LogP contribution in [-0.4, -0.2) is 22.1 Å². The number of aromatic nitrogens is 2. The third-order valence-corrected chi connectivity index (χ3v) is 2.25. The maximum Gasteiger partial charge on any atom is 0.129 e. The van der Waals surface area contributed by atoms with Crippen LogP contribution in [0.5, 0.6) is 0 Å². The van der Waals surface area contributed by atoms with Gasteiger partial charge in [0.1, 0.15) is 12.1 Å². The molecule has 0 aromatic carbocycles. The van der Waals surface area contributed by atoms with Crippen LogP contribution >= 0.6 is 0 Å². The number of nitrogens with zero attached hydrogens (tertiary/aromatic N) is 2. The van der Waals surface area contributed by atoms with Crippen LogP contribution in [0.4, 0.5) is 5.82 Å². The van der Waals surface area contributed by atoms with Gasteiger partial charge < -0.3 is 11.1 Å². The minimum Gasteiger partial charge on any atom is -0.366 e. The van der Waals surface area contributed by atoms with E-state index in [4.69, 9.17) is 5.73 Å². The highest BCUT2D eigenvalue weighted by Crippen LogP contribution is 2.06. The molecule has 2 atom stereocenters. The van der Waals surface area contributed by atoms with Gasteiger partial charge in [0.05, 0.1) is 0 Å². The summed E-state index contributed by atoms with van der Waals surface area (Å²) in [6.07, 6.45) is 2.50. The molecule has 78 valence electrons. The van der Waals surface area contributed by atoms with Crippen molar-refractivity contribution in [3.63, 3.8) is 0 Å². The Bertz CT molecular complexity index is 285. The van der Waals surface area contributed by atoms with Crippen molar-refractivity contribution in [3.05, 3.63) is 18.1 Å². The van der Waals surface area contributed by atoms with E-state index in [1.54, 1.807) is 6.33 Å². The summed E-state index contributed by atoms with van der Waals surface area (Å²) in [5, 5.41) is 3.24. The number of rotatable bonds is 4. The lowest BCUT2D eigenvalue weighted by atomic mass is 10.2. The monoisotopic (exact) mass is 194 g/mol. The summed E-state index contributed by atoms with van der Waals surface area (Å²) in [7, 11) is 0. The second kappa shape index (κ2) is 4.91. The molecule has 14 heavy (non-hydrogen) atoms. The standard InChI is InChI=1S/C10H18N4/c1-4-9-5-10(13-6-12-9)14-8(3)7(2)11/h5-8H,4,11H2,1-3H3,(H,12,13,14). The van der Waals surface area contributed by atoms with Crippen LogP contribution in [0.2, 0.25) is 0 Å². The molecule has 1 heterocycles. The zero-order chi connectivity index (χ0) is 10.6. The topological polar surface area (TPSA) is 63.8 Å². The van der Waals surface area contributed by atoms with E-state index in [9.17, 15) is 0 Å². The van der Waals surface area contributed by atoms with Gasteiger partial charge in [-0.3, -0.25) is 0 Å². The van der Waals surface area contributed by atoms with Crippen LogP contribution in [0, 0.1) is 0 Å². The first-order chi connectivity index (χ1) is 6.63. The summed E-state index contributed by atoms with van der Waals surface area (Å²) in [5.74, 6) is 0.849. The van der Waals surface area contributed by atoms with Gasteiger partial charge in [-0.2, -0.15) is 0 Å². The van der Waals surface area contributed by atoms with Gasteiger partial charge in [-0.15, -0.1) is 0 Å². The molecular formula is C10H18N4. The normalized spacial score (nSPS) is 14.9. The molecule has 0 fully saturated rings. The van der Waals surface area contributed by atoms with Gasteiger partial charge in [-0.25, -0.2) is 9.97 Å². The SMILES string of the molecule is CCc1cc(NC(C)C(C)N)ncn1. The minimum absolute atomic E-state index is 0.107. The van der Waals surface area contributed by atoms with Crippen molar-refractivity contribution in [2.45, 2.75) is 39.3 Å². The van der Waals surface area contributed by atoms with E-state index in [-0.39, 0.29) is 12.1 Å². The summed E-state index contributed by atoms with van der Waals surface area (Å²) in [5.41, 5.74) is 6.79. The average molecular weight is 194 g/mol. The van der Waals surface area contributed by atoms with Crippen LogP contribution in [0.25, 0.3) is 0 Å². The van der Waals surface area contributed by atoms with Crippen LogP contribution < -0.4 is 11.1 Å². The number of anilines is 1. The number of nitrogens with one attached hydrogen (secondary N) is 1. The number of aryl methyl sites for hydroxylation is 1. The Hall–Kier alpha value is -1.16. The first kappa shape index (κ1) is 10.9. The molecule has 0 aliphatic rings. The van der Waals surface area contributed by atoms with E-state index >= 15 is 0 Å². The quantitative estimate of drug-likeness (QED) is 0.755. The fraction of sp³-hybridized carbons (Fsp3) is 0.600. The van der Waals surface area contributed by atoms with Crippen LogP contribution in [-0.2, 0) is 6.42 Å². The van der Waals surface area contributed by atoms with E-state index in [2.05, 4.69) is 22.2 Å². The molecule has 0 aliphatic heterocycles. The van der Waals surface area contributed by atoms with E-state index < -0.39 is 0 Å². The molecule has 1 aromatic heterocycles. The summed E-state index contributed by atoms with van der Waals surface area (Å²) in [4.78, 5) is 8.26. The zero-order valence-electron chi connectivity index (χ0n) is 8.99. The molecule has 0 spiro atoms. The van der Waals surface area contributed by atoms with Crippen molar-refractivity contribution in [1.29, 1.82) is 0 Å². The van der Waals surface area contributed by atoms with Crippen molar-refractivity contribution < 1.29 is 0 Å². The predicted molar refractivity (Wildman–Crippen MR) is 58.1 cm³/mol. The summed E-state index contributed by atoms with van der Waals surface area (Å²) < 4.78 is 0. The molecule has 1 aromatic rings. The van der Waals surface area contributed by atoms with Gasteiger partial charge in [0, 0.05) is 23.8 Å². The smallest absolute Gasteiger partial charge is 0.129 e. The molecule has 2 unspecified atom stereocenters. The van der Waals surface area contributed by atoms with Crippen LogP contribution in [0.15, 0.2) is 12.4 Å². The summed E-state index contributed by atoms with van der Waals surface area (Å²) >= 11 is 0. The molecule has 0 saturated heterocycles. The molecular weight excluding hydrogens is 176 g/mol. The Morgan fingerprint density at radius 1 is 1.43 bits per heavy atom. The van der Waals surface area contributed by atoms with E-state index in [0.29, 0.717) is 0 Å². The molecule has 4 nitrogen and oxygen atoms in total. The Kier molecular flexibility index (Phi) is 3.83. The second-order valence-corrected chi connectivity index (χ2v) is 3.54. The van der Waals surface area contributed by atoms with Gasteiger partial charge in [0.25, 0.3) is 0 Å². The van der Waals surface area contributed by atoms with Crippen molar-refractivity contribution in [1.82, 2.24) is 9.97 Å². The first-order valence-electron chi connectivity index (χ1n) is 4.96. The minimum atomic E-state index is 0.107. The Morgan fingerprint density at radius 2 is 2.14 bits per heavy atom. The van der Waals surface area contributed by atoms with Crippen LogP contribution in [0.3, 0.4) is 0 Å². The zero-order valence-corrected chi connectivity index (χ0v) is 8.99. The number of hydrogen-bond acceptors (Lipinski definition) is 4. The number of nitrogens with two attached hydrogens (primary N) is 1. The fourth-order valence-corrected chi connectivity index (χ4v) is 1.03. The second-order valence-electron chi connectivity index (χ2n) is 3.54. The van der Waals surface area contributed by atoms with Crippen molar-refractivity contribution >= 4 is 5.82 Å². The Morgan fingerprint density at radius 3 is 2.71 bits per heavy atom. The lowest BCUT2D eigenvalue weighted by Crippen LogP contribution is -2.35. The lowest BCUT2D eigenvalue weighted by Gasteiger charge is -2.17. The van der Waals surface area contributed by atoms with E-state index in [0.717, 1.165) is 17.9 Å².